The lowest BCUT2D eigenvalue weighted by Gasteiger charge is -2.33. The van der Waals surface area contributed by atoms with Crippen LogP contribution in [0.5, 0.6) is 0 Å². The maximum Gasteiger partial charge on any atom is 0.325 e. The normalized spacial score (nSPS) is 15.3. The Morgan fingerprint density at radius 3 is 2.60 bits per heavy atom. The summed E-state index contributed by atoms with van der Waals surface area (Å²) in [5.74, 6) is -0.0720. The zero-order valence-electron chi connectivity index (χ0n) is 24.2. The molecule has 1 aliphatic heterocycles. The Bertz CT molecular complexity index is 1920. The van der Waals surface area contributed by atoms with Crippen molar-refractivity contribution in [3.05, 3.63) is 72.6 Å². The second-order valence-corrected chi connectivity index (χ2v) is 12.9. The van der Waals surface area contributed by atoms with Crippen LogP contribution in [0, 0.1) is 5.92 Å². The number of esters is 1. The van der Waals surface area contributed by atoms with E-state index in [9.17, 15) is 18.0 Å². The average Bonchev–Trinajstić information content (AvgIpc) is 3.59. The molecule has 0 saturated carbocycles. The van der Waals surface area contributed by atoms with Crippen LogP contribution in [-0.2, 0) is 37.3 Å². The number of benzene rings is 3. The highest BCUT2D eigenvalue weighted by Gasteiger charge is 2.32. The molecule has 6 rings (SSSR count). The molecule has 0 bridgehead atoms. The Balaban J connectivity index is 1.35. The number of ether oxygens (including phenoxy) is 1. The largest absolute Gasteiger partial charge is 0.465 e. The number of aromatic nitrogens is 3. The van der Waals surface area contributed by atoms with Gasteiger partial charge in [-0.25, -0.2) is 13.4 Å². The van der Waals surface area contributed by atoms with Crippen LogP contribution in [-0.4, -0.2) is 65.5 Å². The van der Waals surface area contributed by atoms with Crippen LogP contribution in [0.4, 0.5) is 0 Å². The zero-order valence-corrected chi connectivity index (χ0v) is 25.1. The third kappa shape index (κ3) is 5.87. The van der Waals surface area contributed by atoms with Crippen LogP contribution in [0.3, 0.4) is 0 Å². The van der Waals surface area contributed by atoms with Crippen LogP contribution in [0.1, 0.15) is 32.3 Å². The Kier molecular flexibility index (Phi) is 7.93. The van der Waals surface area contributed by atoms with Crippen LogP contribution in [0.2, 0.25) is 0 Å². The number of para-hydroxylation sites is 1. The maximum atomic E-state index is 13.9. The molecule has 5 aromatic rings. The molecule has 1 aliphatic rings. The number of nitrogens with zero attached hydrogens (tertiary/aromatic N) is 3. The van der Waals surface area contributed by atoms with Crippen LogP contribution in [0.15, 0.2) is 71.9 Å². The first kappa shape index (κ1) is 28.9. The third-order valence-electron chi connectivity index (χ3n) is 8.26. The van der Waals surface area contributed by atoms with Gasteiger partial charge in [-0.3, -0.25) is 9.59 Å². The summed E-state index contributed by atoms with van der Waals surface area (Å²) in [6.45, 7) is 5.41. The number of imidazole rings is 1. The lowest BCUT2D eigenvalue weighted by atomic mass is 9.98. The van der Waals surface area contributed by atoms with E-state index < -0.39 is 16.1 Å². The summed E-state index contributed by atoms with van der Waals surface area (Å²) in [5, 5.41) is 1.52. The topological polar surface area (TPSA) is 126 Å². The quantitative estimate of drug-likeness (QED) is 0.242. The number of carbonyl (C=O) groups excluding carboxylic acids is 2. The van der Waals surface area contributed by atoms with Gasteiger partial charge in [0.05, 0.1) is 28.9 Å². The third-order valence-corrected chi connectivity index (χ3v) is 9.73. The van der Waals surface area contributed by atoms with E-state index in [1.807, 2.05) is 47.0 Å². The van der Waals surface area contributed by atoms with Gasteiger partial charge >= 0.3 is 5.97 Å². The van der Waals surface area contributed by atoms with E-state index in [2.05, 4.69) is 21.6 Å². The number of aromatic amines is 1. The predicted molar refractivity (Wildman–Crippen MR) is 165 cm³/mol. The van der Waals surface area contributed by atoms with Crippen molar-refractivity contribution in [3.8, 4) is 0 Å². The number of amides is 1. The lowest BCUT2D eigenvalue weighted by Crippen LogP contribution is -2.51. The Hall–Kier alpha value is -4.22. The van der Waals surface area contributed by atoms with E-state index >= 15 is 0 Å². The van der Waals surface area contributed by atoms with Gasteiger partial charge in [-0.2, -0.15) is 4.72 Å². The molecule has 0 radical (unpaired) electrons. The van der Waals surface area contributed by atoms with Gasteiger partial charge < -0.3 is 19.2 Å². The van der Waals surface area contributed by atoms with Crippen molar-refractivity contribution in [2.24, 2.45) is 5.92 Å². The molecule has 224 valence electrons. The van der Waals surface area contributed by atoms with E-state index in [1.54, 1.807) is 30.3 Å². The molecule has 0 spiro atoms. The van der Waals surface area contributed by atoms with Gasteiger partial charge in [-0.1, -0.05) is 31.2 Å². The van der Waals surface area contributed by atoms with Crippen molar-refractivity contribution in [1.82, 2.24) is 24.2 Å². The number of H-pyrrole nitrogens is 1. The number of fused-ring (bicyclic) bond motifs is 4. The van der Waals surface area contributed by atoms with Gasteiger partial charge in [0.25, 0.3) is 0 Å². The number of sulfonamides is 1. The Morgan fingerprint density at radius 2 is 1.81 bits per heavy atom. The number of piperidine rings is 1. The number of hydrogen-bond acceptors (Lipinski definition) is 6. The van der Waals surface area contributed by atoms with Gasteiger partial charge in [0, 0.05) is 34.9 Å². The maximum absolute atomic E-state index is 13.9. The summed E-state index contributed by atoms with van der Waals surface area (Å²) in [7, 11) is -4.11. The zero-order chi connectivity index (χ0) is 30.1. The van der Waals surface area contributed by atoms with E-state index in [0.717, 1.165) is 45.9 Å². The van der Waals surface area contributed by atoms with Crippen LogP contribution < -0.4 is 4.72 Å². The van der Waals surface area contributed by atoms with Gasteiger partial charge in [0.15, 0.2) is 0 Å². The summed E-state index contributed by atoms with van der Waals surface area (Å²) < 4.78 is 37.6. The van der Waals surface area contributed by atoms with Crippen molar-refractivity contribution in [2.75, 3.05) is 19.7 Å². The smallest absolute Gasteiger partial charge is 0.325 e. The number of hydrogen-bond donors (Lipinski definition) is 2. The highest BCUT2D eigenvalue weighted by molar-refractivity contribution is 7.89. The number of nitrogens with one attached hydrogen (secondary N) is 2. The van der Waals surface area contributed by atoms with E-state index in [0.29, 0.717) is 24.4 Å². The molecular formula is C32H35N5O5S. The molecule has 2 N–H and O–H groups in total. The van der Waals surface area contributed by atoms with E-state index in [4.69, 9.17) is 4.74 Å². The fourth-order valence-electron chi connectivity index (χ4n) is 5.94. The first-order valence-corrected chi connectivity index (χ1v) is 16.1. The number of rotatable bonds is 9. The van der Waals surface area contributed by atoms with Crippen molar-refractivity contribution < 1.29 is 22.7 Å². The fraction of sp³-hybridized carbons (Fsp3) is 0.344. The summed E-state index contributed by atoms with van der Waals surface area (Å²) >= 11 is 0. The first-order chi connectivity index (χ1) is 20.7. The molecule has 1 fully saturated rings. The minimum absolute atomic E-state index is 0.00784. The first-order valence-electron chi connectivity index (χ1n) is 14.6. The highest BCUT2D eigenvalue weighted by atomic mass is 32.2. The SMILES string of the molecule is CCOC(=O)Cn1c2ccccc2c2cc(S(=O)(=O)NC(Cc3ccc4nc[nH]c4c3)C(=O)N3CCC(C)CC3)ccc21. The fourth-order valence-corrected chi connectivity index (χ4v) is 7.15. The molecule has 1 unspecified atom stereocenters. The highest BCUT2D eigenvalue weighted by Crippen LogP contribution is 2.31. The minimum Gasteiger partial charge on any atom is -0.465 e. The molecule has 1 amide bonds. The van der Waals surface area contributed by atoms with Crippen molar-refractivity contribution in [1.29, 1.82) is 0 Å². The molecule has 1 atom stereocenters. The lowest BCUT2D eigenvalue weighted by molar-refractivity contribution is -0.143. The van der Waals surface area contributed by atoms with Gasteiger partial charge in [0.2, 0.25) is 15.9 Å². The van der Waals surface area contributed by atoms with Gasteiger partial charge in [-0.05, 0) is 74.1 Å². The second-order valence-electron chi connectivity index (χ2n) is 11.2. The van der Waals surface area contributed by atoms with Gasteiger partial charge in [-0.15, -0.1) is 0 Å². The standard InChI is InChI=1S/C32H35N5O5S/c1-3-42-31(38)19-37-29-7-5-4-6-24(29)25-18-23(9-11-30(25)37)43(40,41)35-28(32(39)36-14-12-21(2)13-15-36)17-22-8-10-26-27(16-22)34-20-33-26/h4-11,16,18,20-21,28,35H,3,12-15,17,19H2,1-2H3,(H,33,34). The van der Waals surface area contributed by atoms with Crippen molar-refractivity contribution in [3.63, 3.8) is 0 Å². The molecule has 2 aromatic heterocycles. The molecular weight excluding hydrogens is 566 g/mol. The van der Waals surface area contributed by atoms with Crippen molar-refractivity contribution in [2.45, 2.75) is 50.6 Å². The molecule has 0 aliphatic carbocycles. The molecule has 1 saturated heterocycles. The molecule has 10 nitrogen and oxygen atoms in total. The van der Waals surface area contributed by atoms with Crippen molar-refractivity contribution >= 4 is 54.7 Å². The Labute approximate surface area is 250 Å². The summed E-state index contributed by atoms with van der Waals surface area (Å²) in [6, 6.07) is 17.0. The number of carbonyl (C=O) groups is 2. The molecule has 3 heterocycles. The molecule has 43 heavy (non-hydrogen) atoms. The number of likely N-dealkylation sites (tertiary alicyclic amines) is 1. The van der Waals surface area contributed by atoms with E-state index in [1.165, 1.54) is 6.07 Å². The molecule has 11 heteroatoms. The van der Waals surface area contributed by atoms with Crippen LogP contribution >= 0.6 is 0 Å². The predicted octanol–water partition coefficient (Wildman–Crippen LogP) is 4.38. The second kappa shape index (κ2) is 11.8. The monoisotopic (exact) mass is 601 g/mol. The minimum atomic E-state index is -4.11. The van der Waals surface area contributed by atoms with Crippen LogP contribution in [0.25, 0.3) is 32.8 Å². The summed E-state index contributed by atoms with van der Waals surface area (Å²) in [4.78, 5) is 35.3. The van der Waals surface area contributed by atoms with Gasteiger partial charge in [0.1, 0.15) is 12.6 Å². The Morgan fingerprint density at radius 1 is 1.05 bits per heavy atom. The average molecular weight is 602 g/mol. The summed E-state index contributed by atoms with van der Waals surface area (Å²) in [6.07, 6.45) is 3.57. The molecule has 3 aromatic carbocycles. The summed E-state index contributed by atoms with van der Waals surface area (Å²) in [5.41, 5.74) is 3.96. The van der Waals surface area contributed by atoms with E-state index in [-0.39, 0.29) is 36.3 Å².